The number of carbonyl (C=O) groups excluding carboxylic acids is 1. The number of likely N-dealkylation sites (tertiary alicyclic amines) is 1. The van der Waals surface area contributed by atoms with Gasteiger partial charge in [0.15, 0.2) is 11.4 Å². The molecule has 7 nitrogen and oxygen atoms in total. The number of aromatic nitrogens is 2. The van der Waals surface area contributed by atoms with E-state index in [-0.39, 0.29) is 18.0 Å². The number of amides is 1. The molecule has 0 aliphatic carbocycles. The van der Waals surface area contributed by atoms with Crippen molar-refractivity contribution >= 4 is 11.9 Å². The zero-order chi connectivity index (χ0) is 19.1. The van der Waals surface area contributed by atoms with Crippen molar-refractivity contribution in [1.82, 2.24) is 14.7 Å². The number of benzene rings is 1. The molecule has 1 aliphatic heterocycles. The van der Waals surface area contributed by atoms with Crippen molar-refractivity contribution in [3.05, 3.63) is 41.7 Å². The Bertz CT molecular complexity index is 841. The number of hydrogen-bond acceptors (Lipinski definition) is 4. The maximum absolute atomic E-state index is 12.7. The monoisotopic (exact) mass is 357 g/mol. The van der Waals surface area contributed by atoms with Gasteiger partial charge in [0.1, 0.15) is 0 Å². The van der Waals surface area contributed by atoms with Gasteiger partial charge in [-0.15, -0.1) is 0 Å². The fourth-order valence-corrected chi connectivity index (χ4v) is 3.12. The van der Waals surface area contributed by atoms with E-state index in [0.29, 0.717) is 18.9 Å². The fraction of sp³-hybridized carbons (Fsp3) is 0.421. The summed E-state index contributed by atoms with van der Waals surface area (Å²) in [5.74, 6) is -1.18. The van der Waals surface area contributed by atoms with E-state index in [9.17, 15) is 19.8 Å². The van der Waals surface area contributed by atoms with Crippen LogP contribution in [-0.4, -0.2) is 49.9 Å². The normalized spacial score (nSPS) is 19.9. The van der Waals surface area contributed by atoms with E-state index < -0.39 is 17.3 Å². The Labute approximate surface area is 151 Å². The van der Waals surface area contributed by atoms with Crippen LogP contribution in [0.1, 0.15) is 49.2 Å². The number of rotatable bonds is 4. The van der Waals surface area contributed by atoms with Crippen LogP contribution in [0.15, 0.2) is 30.5 Å². The molecule has 1 atom stereocenters. The number of nitrogens with zero attached hydrogens (tertiary/aromatic N) is 3. The largest absolute Gasteiger partial charge is 0.504 e. The standard InChI is InChI=1S/C19H23N3O4/c1-12(2)13-4-6-14(7-5-13)22-10-15(23)16(20-22)17(24)21-9-8-19(3,11-21)18(25)26/h4-7,10,12,23H,8-9,11H2,1-3H3,(H,25,26). The Morgan fingerprint density at radius 2 is 1.88 bits per heavy atom. The van der Waals surface area contributed by atoms with Gasteiger partial charge in [0.05, 0.1) is 17.3 Å². The van der Waals surface area contributed by atoms with E-state index in [1.54, 1.807) is 6.92 Å². The van der Waals surface area contributed by atoms with Crippen molar-refractivity contribution in [2.24, 2.45) is 5.41 Å². The van der Waals surface area contributed by atoms with Crippen LogP contribution < -0.4 is 0 Å². The summed E-state index contributed by atoms with van der Waals surface area (Å²) >= 11 is 0. The molecule has 1 aromatic carbocycles. The van der Waals surface area contributed by atoms with E-state index in [2.05, 4.69) is 18.9 Å². The van der Waals surface area contributed by atoms with Crippen molar-refractivity contribution in [2.75, 3.05) is 13.1 Å². The van der Waals surface area contributed by atoms with Crippen LogP contribution in [0.3, 0.4) is 0 Å². The number of aliphatic carboxylic acids is 1. The van der Waals surface area contributed by atoms with E-state index in [4.69, 9.17) is 0 Å². The molecule has 7 heteroatoms. The molecule has 0 saturated carbocycles. The van der Waals surface area contributed by atoms with Crippen molar-refractivity contribution < 1.29 is 19.8 Å². The number of hydrogen-bond donors (Lipinski definition) is 2. The van der Waals surface area contributed by atoms with Crippen LogP contribution in [0.25, 0.3) is 5.69 Å². The highest BCUT2D eigenvalue weighted by atomic mass is 16.4. The molecular weight excluding hydrogens is 334 g/mol. The summed E-state index contributed by atoms with van der Waals surface area (Å²) in [5.41, 5.74) is 0.903. The molecule has 0 spiro atoms. The third kappa shape index (κ3) is 3.16. The Kier molecular flexibility index (Phi) is 4.48. The summed E-state index contributed by atoms with van der Waals surface area (Å²) in [7, 11) is 0. The summed E-state index contributed by atoms with van der Waals surface area (Å²) in [5, 5.41) is 23.7. The lowest BCUT2D eigenvalue weighted by Gasteiger charge is -2.19. The van der Waals surface area contributed by atoms with Gasteiger partial charge in [-0.3, -0.25) is 9.59 Å². The van der Waals surface area contributed by atoms with Crippen LogP contribution in [0.2, 0.25) is 0 Å². The first kappa shape index (κ1) is 18.0. The maximum Gasteiger partial charge on any atom is 0.311 e. The second kappa shape index (κ2) is 6.48. The zero-order valence-electron chi connectivity index (χ0n) is 15.1. The quantitative estimate of drug-likeness (QED) is 0.877. The van der Waals surface area contributed by atoms with Crippen molar-refractivity contribution in [3.8, 4) is 11.4 Å². The minimum atomic E-state index is -0.958. The molecular formula is C19H23N3O4. The van der Waals surface area contributed by atoms with Gasteiger partial charge in [-0.05, 0) is 37.0 Å². The maximum atomic E-state index is 12.7. The molecule has 0 bridgehead atoms. The van der Waals surface area contributed by atoms with Crippen LogP contribution in [-0.2, 0) is 4.79 Å². The Morgan fingerprint density at radius 3 is 2.42 bits per heavy atom. The number of carbonyl (C=O) groups is 2. The summed E-state index contributed by atoms with van der Waals surface area (Å²) in [6.45, 7) is 6.27. The smallest absolute Gasteiger partial charge is 0.311 e. The first-order valence-electron chi connectivity index (χ1n) is 8.63. The topological polar surface area (TPSA) is 95.7 Å². The molecule has 1 aliphatic rings. The first-order valence-corrected chi connectivity index (χ1v) is 8.63. The van der Waals surface area contributed by atoms with Gasteiger partial charge < -0.3 is 15.1 Å². The molecule has 1 aromatic heterocycles. The molecule has 1 saturated heterocycles. The molecule has 3 rings (SSSR count). The first-order chi connectivity index (χ1) is 12.2. The summed E-state index contributed by atoms with van der Waals surface area (Å²) in [6, 6.07) is 7.73. The second-order valence-corrected chi connectivity index (χ2v) is 7.40. The molecule has 2 aromatic rings. The zero-order valence-corrected chi connectivity index (χ0v) is 15.1. The molecule has 1 amide bonds. The average Bonchev–Trinajstić information content (AvgIpc) is 3.19. The summed E-state index contributed by atoms with van der Waals surface area (Å²) in [6.07, 6.45) is 1.77. The molecule has 2 heterocycles. The van der Waals surface area contributed by atoms with Gasteiger partial charge in [-0.25, -0.2) is 4.68 Å². The third-order valence-corrected chi connectivity index (χ3v) is 5.00. The lowest BCUT2D eigenvalue weighted by atomic mass is 9.90. The number of aromatic hydroxyl groups is 1. The van der Waals surface area contributed by atoms with E-state index in [1.807, 2.05) is 24.3 Å². The van der Waals surface area contributed by atoms with Gasteiger partial charge in [0, 0.05) is 13.1 Å². The number of carboxylic acids is 1. The number of carboxylic acid groups (broad SMARTS) is 1. The molecule has 26 heavy (non-hydrogen) atoms. The highest BCUT2D eigenvalue weighted by Gasteiger charge is 2.43. The highest BCUT2D eigenvalue weighted by Crippen LogP contribution is 2.32. The predicted molar refractivity (Wildman–Crippen MR) is 95.6 cm³/mol. The molecule has 138 valence electrons. The predicted octanol–water partition coefficient (Wildman–Crippen LogP) is 2.64. The molecule has 2 N–H and O–H groups in total. The Morgan fingerprint density at radius 1 is 1.23 bits per heavy atom. The fourth-order valence-electron chi connectivity index (χ4n) is 3.12. The van der Waals surface area contributed by atoms with Gasteiger partial charge in [0.25, 0.3) is 5.91 Å². The Balaban J connectivity index is 1.82. The van der Waals surface area contributed by atoms with Gasteiger partial charge in [0.2, 0.25) is 0 Å². The van der Waals surface area contributed by atoms with Gasteiger partial charge in [-0.2, -0.15) is 5.10 Å². The third-order valence-electron chi connectivity index (χ3n) is 5.00. The minimum absolute atomic E-state index is 0.0624. The van der Waals surface area contributed by atoms with Gasteiger partial charge >= 0.3 is 5.97 Å². The van der Waals surface area contributed by atoms with E-state index in [0.717, 1.165) is 5.69 Å². The van der Waals surface area contributed by atoms with E-state index in [1.165, 1.54) is 21.3 Å². The van der Waals surface area contributed by atoms with E-state index >= 15 is 0 Å². The van der Waals surface area contributed by atoms with Crippen molar-refractivity contribution in [2.45, 2.75) is 33.1 Å². The SMILES string of the molecule is CC(C)c1ccc(-n2cc(O)c(C(=O)N3CCC(C)(C(=O)O)C3)n2)cc1. The molecule has 1 unspecified atom stereocenters. The highest BCUT2D eigenvalue weighted by molar-refractivity contribution is 5.95. The summed E-state index contributed by atoms with van der Waals surface area (Å²) in [4.78, 5) is 25.4. The van der Waals surface area contributed by atoms with Crippen LogP contribution in [0.4, 0.5) is 0 Å². The van der Waals surface area contributed by atoms with Crippen LogP contribution >= 0.6 is 0 Å². The van der Waals surface area contributed by atoms with Crippen molar-refractivity contribution in [1.29, 1.82) is 0 Å². The van der Waals surface area contributed by atoms with Crippen LogP contribution in [0, 0.1) is 5.41 Å². The summed E-state index contributed by atoms with van der Waals surface area (Å²) < 4.78 is 1.46. The molecule has 1 fully saturated rings. The average molecular weight is 357 g/mol. The molecule has 0 radical (unpaired) electrons. The second-order valence-electron chi connectivity index (χ2n) is 7.40. The minimum Gasteiger partial charge on any atom is -0.504 e. The van der Waals surface area contributed by atoms with Crippen molar-refractivity contribution in [3.63, 3.8) is 0 Å². The van der Waals surface area contributed by atoms with Crippen LogP contribution in [0.5, 0.6) is 5.75 Å². The Hall–Kier alpha value is -2.83. The lowest BCUT2D eigenvalue weighted by molar-refractivity contribution is -0.147. The lowest BCUT2D eigenvalue weighted by Crippen LogP contribution is -2.35. The van der Waals surface area contributed by atoms with Gasteiger partial charge in [-0.1, -0.05) is 26.0 Å².